The van der Waals surface area contributed by atoms with Crippen molar-refractivity contribution in [2.24, 2.45) is 0 Å². The van der Waals surface area contributed by atoms with Crippen LogP contribution < -0.4 is 15.8 Å². The fourth-order valence-corrected chi connectivity index (χ4v) is 4.63. The van der Waals surface area contributed by atoms with E-state index in [2.05, 4.69) is 5.32 Å². The predicted octanol–water partition coefficient (Wildman–Crippen LogP) is 1.20. The number of esters is 1. The molecule has 1 amide bonds. The zero-order valence-corrected chi connectivity index (χ0v) is 21.8. The summed E-state index contributed by atoms with van der Waals surface area (Å²) in [5.74, 6) is -4.05. The zero-order valence-electron chi connectivity index (χ0n) is 21.0. The molecule has 2 heterocycles. The SMILES string of the molecule is CC(C)(F)CN1CCC(F)(CNC(=O)c2cc(Cl)c(N)c3c2OC(OC(=O)C(O)C(O)C(=O)O)CC3)CC1. The third kappa shape index (κ3) is 7.22. The minimum atomic E-state index is -2.41. The lowest BCUT2D eigenvalue weighted by Crippen LogP contribution is -2.50. The van der Waals surface area contributed by atoms with E-state index in [1.54, 1.807) is 0 Å². The summed E-state index contributed by atoms with van der Waals surface area (Å²) in [7, 11) is 0. The molecule has 0 aromatic heterocycles. The summed E-state index contributed by atoms with van der Waals surface area (Å²) in [6.45, 7) is 3.45. The zero-order chi connectivity index (χ0) is 28.4. The molecule has 3 rings (SSSR count). The van der Waals surface area contributed by atoms with Gasteiger partial charge in [0.05, 0.1) is 22.8 Å². The highest BCUT2D eigenvalue weighted by atomic mass is 35.5. The van der Waals surface area contributed by atoms with E-state index < -0.39 is 47.7 Å². The monoisotopic (exact) mass is 563 g/mol. The second-order valence-electron chi connectivity index (χ2n) is 10.2. The molecule has 6 N–H and O–H groups in total. The molecule has 0 aliphatic carbocycles. The molecule has 1 fully saturated rings. The number of aliphatic hydroxyl groups excluding tert-OH is 2. The number of halogens is 3. The number of benzene rings is 1. The van der Waals surface area contributed by atoms with Crippen molar-refractivity contribution >= 4 is 35.1 Å². The van der Waals surface area contributed by atoms with Crippen LogP contribution in [0.5, 0.6) is 5.75 Å². The van der Waals surface area contributed by atoms with Gasteiger partial charge in [-0.1, -0.05) is 11.6 Å². The molecular weight excluding hydrogens is 532 g/mol. The number of carboxylic acids is 1. The van der Waals surface area contributed by atoms with E-state index in [9.17, 15) is 29.0 Å². The summed E-state index contributed by atoms with van der Waals surface area (Å²) in [6, 6.07) is 1.23. The number of amides is 1. The van der Waals surface area contributed by atoms with Crippen LogP contribution in [0.1, 0.15) is 49.0 Å². The number of likely N-dealkylation sites (tertiary alicyclic amines) is 1. The van der Waals surface area contributed by atoms with Crippen LogP contribution in [0.15, 0.2) is 6.07 Å². The highest BCUT2D eigenvalue weighted by Gasteiger charge is 2.38. The molecule has 38 heavy (non-hydrogen) atoms. The molecule has 2 aliphatic heterocycles. The molecule has 3 atom stereocenters. The summed E-state index contributed by atoms with van der Waals surface area (Å²) in [4.78, 5) is 37.7. The molecule has 0 saturated carbocycles. The summed E-state index contributed by atoms with van der Waals surface area (Å²) in [5.41, 5.74) is 3.32. The standard InChI is InChI=1S/C24H32ClF2N3O8/c1-23(2,26)11-30-7-5-24(27,6-8-30)10-29-20(33)13-9-14(25)16(28)12-3-4-15(37-19(12)13)38-22(36)18(32)17(31)21(34)35/h9,15,17-18,31-32H,3-8,10-11,28H2,1-2H3,(H,29,33)(H,34,35). The fourth-order valence-electron chi connectivity index (χ4n) is 4.40. The Kier molecular flexibility index (Phi) is 9.07. The van der Waals surface area contributed by atoms with Gasteiger partial charge in [-0.05, 0) is 39.2 Å². The van der Waals surface area contributed by atoms with Gasteiger partial charge in [0.1, 0.15) is 17.1 Å². The Labute approximate surface area is 222 Å². The summed E-state index contributed by atoms with van der Waals surface area (Å²) < 4.78 is 39.9. The van der Waals surface area contributed by atoms with Gasteiger partial charge in [0.2, 0.25) is 6.29 Å². The van der Waals surface area contributed by atoms with Crippen molar-refractivity contribution in [2.45, 2.75) is 69.4 Å². The largest absolute Gasteiger partial charge is 0.479 e. The number of carbonyl (C=O) groups is 3. The second-order valence-corrected chi connectivity index (χ2v) is 10.6. The minimum absolute atomic E-state index is 0.0278. The number of carboxylic acid groups (broad SMARTS) is 1. The molecule has 1 aromatic carbocycles. The molecule has 212 valence electrons. The molecule has 0 bridgehead atoms. The number of nitrogen functional groups attached to an aromatic ring is 1. The number of piperidine rings is 1. The van der Waals surface area contributed by atoms with E-state index in [1.165, 1.54) is 19.9 Å². The van der Waals surface area contributed by atoms with Crippen LogP contribution in [0, 0.1) is 0 Å². The Bertz CT molecular complexity index is 1080. The lowest BCUT2D eigenvalue weighted by molar-refractivity contribution is -0.185. The molecular formula is C24H32ClF2N3O8. The Hall–Kier alpha value is -2.74. The molecule has 3 unspecified atom stereocenters. The number of hydrogen-bond acceptors (Lipinski definition) is 9. The van der Waals surface area contributed by atoms with Crippen LogP contribution >= 0.6 is 11.6 Å². The quantitative estimate of drug-likeness (QED) is 0.217. The van der Waals surface area contributed by atoms with Crippen LogP contribution in [0.2, 0.25) is 5.02 Å². The third-order valence-corrected chi connectivity index (χ3v) is 6.77. The molecule has 1 saturated heterocycles. The van der Waals surface area contributed by atoms with Gasteiger partial charge in [0.25, 0.3) is 5.91 Å². The van der Waals surface area contributed by atoms with Gasteiger partial charge < -0.3 is 35.8 Å². The van der Waals surface area contributed by atoms with Crippen LogP contribution in [0.4, 0.5) is 14.5 Å². The molecule has 2 aliphatic rings. The van der Waals surface area contributed by atoms with Gasteiger partial charge in [0.15, 0.2) is 12.2 Å². The van der Waals surface area contributed by atoms with E-state index >= 15 is 4.39 Å². The maximum Gasteiger partial charge on any atom is 0.341 e. The average molecular weight is 564 g/mol. The first-order valence-corrected chi connectivity index (χ1v) is 12.4. The van der Waals surface area contributed by atoms with Gasteiger partial charge in [0, 0.05) is 31.6 Å². The first-order chi connectivity index (χ1) is 17.6. The normalized spacial score (nSPS) is 21.0. The molecule has 11 nitrogen and oxygen atoms in total. The molecule has 1 aromatic rings. The number of rotatable bonds is 9. The number of anilines is 1. The number of ether oxygens (including phenoxy) is 2. The highest BCUT2D eigenvalue weighted by Crippen LogP contribution is 2.40. The molecule has 0 radical (unpaired) electrons. The van der Waals surface area contributed by atoms with Crippen LogP contribution in [0.3, 0.4) is 0 Å². The number of alkyl halides is 2. The van der Waals surface area contributed by atoms with Crippen molar-refractivity contribution in [1.29, 1.82) is 0 Å². The summed E-state index contributed by atoms with van der Waals surface area (Å²) in [6.07, 6.45) is -5.73. The van der Waals surface area contributed by atoms with Crippen molar-refractivity contribution in [3.8, 4) is 5.75 Å². The Morgan fingerprint density at radius 1 is 1.32 bits per heavy atom. The van der Waals surface area contributed by atoms with Gasteiger partial charge >= 0.3 is 11.9 Å². The Morgan fingerprint density at radius 2 is 1.95 bits per heavy atom. The van der Waals surface area contributed by atoms with Crippen LogP contribution in [-0.2, 0) is 20.7 Å². The van der Waals surface area contributed by atoms with Gasteiger partial charge in [-0.3, -0.25) is 9.69 Å². The maximum absolute atomic E-state index is 15.4. The molecule has 0 spiro atoms. The van der Waals surface area contributed by atoms with E-state index in [0.717, 1.165) is 0 Å². The van der Waals surface area contributed by atoms with Crippen molar-refractivity contribution in [3.05, 3.63) is 22.2 Å². The first kappa shape index (κ1) is 29.8. The molecule has 14 heteroatoms. The number of hydrogen-bond donors (Lipinski definition) is 5. The lowest BCUT2D eigenvalue weighted by Gasteiger charge is -2.38. The van der Waals surface area contributed by atoms with E-state index in [-0.39, 0.29) is 60.8 Å². The smallest absolute Gasteiger partial charge is 0.341 e. The minimum Gasteiger partial charge on any atom is -0.479 e. The number of carbonyl (C=O) groups excluding carboxylic acids is 2. The summed E-state index contributed by atoms with van der Waals surface area (Å²) >= 11 is 6.19. The average Bonchev–Trinajstić information content (AvgIpc) is 2.84. The van der Waals surface area contributed by atoms with Gasteiger partial charge in [-0.25, -0.2) is 18.4 Å². The number of aliphatic carboxylic acids is 1. The van der Waals surface area contributed by atoms with Gasteiger partial charge in [-0.15, -0.1) is 0 Å². The fraction of sp³-hybridized carbons (Fsp3) is 0.625. The van der Waals surface area contributed by atoms with Crippen molar-refractivity contribution in [2.75, 3.05) is 31.9 Å². The second kappa shape index (κ2) is 11.6. The highest BCUT2D eigenvalue weighted by molar-refractivity contribution is 6.33. The van der Waals surface area contributed by atoms with Crippen molar-refractivity contribution in [1.82, 2.24) is 10.2 Å². The van der Waals surface area contributed by atoms with Crippen LogP contribution in [0.25, 0.3) is 0 Å². The number of nitrogens with one attached hydrogen (secondary N) is 1. The number of fused-ring (bicyclic) bond motifs is 1. The Balaban J connectivity index is 1.69. The Morgan fingerprint density at radius 3 is 2.53 bits per heavy atom. The predicted molar refractivity (Wildman–Crippen MR) is 131 cm³/mol. The maximum atomic E-state index is 15.4. The van der Waals surface area contributed by atoms with Gasteiger partial charge in [-0.2, -0.15) is 0 Å². The van der Waals surface area contributed by atoms with Crippen LogP contribution in [-0.4, -0.2) is 94.1 Å². The first-order valence-electron chi connectivity index (χ1n) is 12.1. The lowest BCUT2D eigenvalue weighted by atomic mass is 9.92. The van der Waals surface area contributed by atoms with E-state index in [0.29, 0.717) is 18.7 Å². The topological polar surface area (TPSA) is 172 Å². The van der Waals surface area contributed by atoms with E-state index in [1.807, 2.05) is 4.90 Å². The number of nitrogens with zero attached hydrogens (tertiary/aromatic N) is 1. The van der Waals surface area contributed by atoms with Crippen molar-refractivity contribution in [3.63, 3.8) is 0 Å². The third-order valence-electron chi connectivity index (χ3n) is 6.45. The van der Waals surface area contributed by atoms with Crippen molar-refractivity contribution < 1.29 is 48.0 Å². The number of nitrogens with two attached hydrogens (primary N) is 1. The van der Waals surface area contributed by atoms with E-state index in [4.69, 9.17) is 31.9 Å². The summed E-state index contributed by atoms with van der Waals surface area (Å²) in [5, 5.41) is 30.4. The number of aliphatic hydroxyl groups is 2.